The highest BCUT2D eigenvalue weighted by molar-refractivity contribution is 6.21. The molecule has 5 heteroatoms. The van der Waals surface area contributed by atoms with E-state index in [2.05, 4.69) is 70.3 Å². The predicted molar refractivity (Wildman–Crippen MR) is 155 cm³/mol. The fourth-order valence-electron chi connectivity index (χ4n) is 6.33. The topological polar surface area (TPSA) is 69.3 Å². The molecule has 6 aliphatic rings. The van der Waals surface area contributed by atoms with E-state index in [1.807, 2.05) is 24.3 Å². The third-order valence-corrected chi connectivity index (χ3v) is 8.08. The lowest BCUT2D eigenvalue weighted by Gasteiger charge is -2.17. The zero-order chi connectivity index (χ0) is 26.3. The molecular weight excluding hydrogens is 468 g/mol. The van der Waals surface area contributed by atoms with E-state index in [-0.39, 0.29) is 5.41 Å². The Balaban J connectivity index is 1.52. The van der Waals surface area contributed by atoms with Crippen molar-refractivity contribution in [2.24, 2.45) is 20.4 Å². The van der Waals surface area contributed by atoms with Crippen molar-refractivity contribution in [1.82, 2.24) is 5.32 Å². The van der Waals surface area contributed by atoms with Gasteiger partial charge in [-0.05, 0) is 86.4 Å². The van der Waals surface area contributed by atoms with Gasteiger partial charge in [0.1, 0.15) is 5.76 Å². The first kappa shape index (κ1) is 22.9. The number of benzene rings is 1. The minimum Gasteiger partial charge on any atom is -0.511 e. The molecule has 5 aliphatic heterocycles. The molecule has 1 aromatic rings. The molecule has 188 valence electrons. The van der Waals surface area contributed by atoms with Gasteiger partial charge in [-0.15, -0.1) is 0 Å². The number of rotatable bonds is 1. The fourth-order valence-corrected chi connectivity index (χ4v) is 6.33. The van der Waals surface area contributed by atoms with Gasteiger partial charge in [-0.1, -0.05) is 31.5 Å². The molecule has 0 spiro atoms. The second kappa shape index (κ2) is 7.87. The molecule has 1 aromatic carbocycles. The van der Waals surface area contributed by atoms with Crippen LogP contribution in [0.4, 0.5) is 0 Å². The van der Waals surface area contributed by atoms with E-state index < -0.39 is 0 Å². The quantitative estimate of drug-likeness (QED) is 0.440. The molecule has 0 unspecified atom stereocenters. The van der Waals surface area contributed by atoms with E-state index >= 15 is 0 Å². The molecule has 8 bridgehead atoms. The van der Waals surface area contributed by atoms with E-state index in [0.29, 0.717) is 12.2 Å². The normalized spacial score (nSPS) is 22.6. The van der Waals surface area contributed by atoms with Crippen molar-refractivity contribution < 1.29 is 5.11 Å². The molecule has 0 aromatic heterocycles. The van der Waals surface area contributed by atoms with Gasteiger partial charge in [0.2, 0.25) is 0 Å². The number of hydrogen-bond acceptors (Lipinski definition) is 5. The highest BCUT2D eigenvalue weighted by atomic mass is 16.3. The summed E-state index contributed by atoms with van der Waals surface area (Å²) in [5.41, 5.74) is 15.1. The fraction of sp³-hybridized carbons (Fsp3) is 0.242. The first-order valence-corrected chi connectivity index (χ1v) is 13.2. The summed E-state index contributed by atoms with van der Waals surface area (Å²) in [6.45, 7) is 10.9. The smallest absolute Gasteiger partial charge is 0.106 e. The Morgan fingerprint density at radius 3 is 2.39 bits per heavy atom. The summed E-state index contributed by atoms with van der Waals surface area (Å²) in [5, 5.41) is 14.8. The number of aliphatic hydroxyl groups excluding tert-OH is 1. The number of aliphatic imine (C=N–C) groups is 3. The lowest BCUT2D eigenvalue weighted by molar-refractivity contribution is 0.400. The summed E-state index contributed by atoms with van der Waals surface area (Å²) in [7, 11) is 0. The van der Waals surface area contributed by atoms with Crippen LogP contribution in [0.25, 0.3) is 5.57 Å². The minimum absolute atomic E-state index is 0.0813. The van der Waals surface area contributed by atoms with Crippen LogP contribution in [0.1, 0.15) is 48.9 Å². The molecule has 38 heavy (non-hydrogen) atoms. The average Bonchev–Trinajstić information content (AvgIpc) is 3.64. The largest absolute Gasteiger partial charge is 0.511 e. The number of hydrogen-bond donors (Lipinski definition) is 2. The summed E-state index contributed by atoms with van der Waals surface area (Å²) in [5.74, 6) is 0.378. The van der Waals surface area contributed by atoms with Crippen LogP contribution in [0.2, 0.25) is 0 Å². The van der Waals surface area contributed by atoms with Gasteiger partial charge in [0.05, 0.1) is 34.2 Å². The van der Waals surface area contributed by atoms with E-state index in [1.54, 1.807) is 0 Å². The predicted octanol–water partition coefficient (Wildman–Crippen LogP) is 6.95. The Morgan fingerprint density at radius 1 is 0.868 bits per heavy atom. The van der Waals surface area contributed by atoms with Crippen LogP contribution in [0.15, 0.2) is 115 Å². The number of aryl methyl sites for hydroxylation is 3. The monoisotopic (exact) mass is 498 g/mol. The third-order valence-electron chi connectivity index (χ3n) is 8.08. The maximum absolute atomic E-state index is 11.1. The molecule has 5 nitrogen and oxygen atoms in total. The molecule has 0 radical (unpaired) electrons. The second-order valence-corrected chi connectivity index (χ2v) is 11.6. The van der Waals surface area contributed by atoms with Crippen LogP contribution in [-0.4, -0.2) is 22.2 Å². The van der Waals surface area contributed by atoms with Crippen molar-refractivity contribution in [2.45, 2.75) is 47.5 Å². The van der Waals surface area contributed by atoms with E-state index in [9.17, 15) is 5.11 Å². The van der Waals surface area contributed by atoms with Crippen LogP contribution in [0, 0.1) is 26.2 Å². The Kier molecular flexibility index (Phi) is 4.75. The van der Waals surface area contributed by atoms with Gasteiger partial charge in [0, 0.05) is 39.9 Å². The van der Waals surface area contributed by atoms with Crippen LogP contribution < -0.4 is 5.32 Å². The Hall–Kier alpha value is -4.25. The van der Waals surface area contributed by atoms with Crippen LogP contribution in [0.3, 0.4) is 0 Å². The Labute approximate surface area is 223 Å². The van der Waals surface area contributed by atoms with Gasteiger partial charge in [-0.2, -0.15) is 0 Å². The zero-order valence-electron chi connectivity index (χ0n) is 22.4. The number of fused-ring (bicyclic) bond motifs is 5. The molecule has 0 amide bonds. The summed E-state index contributed by atoms with van der Waals surface area (Å²) >= 11 is 0. The third kappa shape index (κ3) is 3.49. The van der Waals surface area contributed by atoms with Crippen LogP contribution in [0.5, 0.6) is 0 Å². The van der Waals surface area contributed by atoms with Gasteiger partial charge in [0.15, 0.2) is 0 Å². The molecule has 1 aliphatic carbocycles. The maximum atomic E-state index is 11.1. The summed E-state index contributed by atoms with van der Waals surface area (Å²) < 4.78 is 0. The van der Waals surface area contributed by atoms with Gasteiger partial charge in [-0.25, -0.2) is 15.0 Å². The Morgan fingerprint density at radius 2 is 1.61 bits per heavy atom. The van der Waals surface area contributed by atoms with Crippen molar-refractivity contribution in [2.75, 3.05) is 0 Å². The number of nitrogens with zero attached hydrogens (tertiary/aromatic N) is 3. The Bertz CT molecular complexity index is 1700. The van der Waals surface area contributed by atoms with Crippen molar-refractivity contribution in [1.29, 1.82) is 0 Å². The van der Waals surface area contributed by atoms with E-state index in [4.69, 9.17) is 15.0 Å². The molecule has 5 heterocycles. The van der Waals surface area contributed by atoms with Crippen molar-refractivity contribution >= 4 is 22.7 Å². The molecule has 1 saturated heterocycles. The molecule has 2 N–H and O–H groups in total. The van der Waals surface area contributed by atoms with Crippen molar-refractivity contribution in [3.63, 3.8) is 0 Å². The first-order chi connectivity index (χ1) is 18.2. The summed E-state index contributed by atoms with van der Waals surface area (Å²) in [6.07, 6.45) is 15.8. The number of aliphatic hydroxyl groups is 1. The summed E-state index contributed by atoms with van der Waals surface area (Å²) in [6, 6.07) is 4.43. The number of nitrogens with one attached hydrogen (secondary N) is 1. The van der Waals surface area contributed by atoms with Crippen LogP contribution >= 0.6 is 0 Å². The highest BCUT2D eigenvalue weighted by Gasteiger charge is 2.39. The highest BCUT2D eigenvalue weighted by Crippen LogP contribution is 2.46. The van der Waals surface area contributed by atoms with E-state index in [0.717, 1.165) is 74.3 Å². The van der Waals surface area contributed by atoms with Gasteiger partial charge < -0.3 is 10.4 Å². The van der Waals surface area contributed by atoms with Gasteiger partial charge >= 0.3 is 0 Å². The van der Waals surface area contributed by atoms with Crippen LogP contribution in [-0.2, 0) is 0 Å². The first-order valence-electron chi connectivity index (χ1n) is 13.2. The molecule has 7 rings (SSSR count). The van der Waals surface area contributed by atoms with Crippen molar-refractivity contribution in [3.8, 4) is 0 Å². The van der Waals surface area contributed by atoms with Crippen molar-refractivity contribution in [3.05, 3.63) is 122 Å². The van der Waals surface area contributed by atoms with E-state index in [1.165, 1.54) is 16.7 Å². The molecule has 0 atom stereocenters. The maximum Gasteiger partial charge on any atom is 0.106 e. The second-order valence-electron chi connectivity index (χ2n) is 11.6. The molecule has 1 fully saturated rings. The lowest BCUT2D eigenvalue weighted by atomic mass is 9.87. The standard InChI is InChI=1S/C33H30N4O/c1-17-10-18(2)30(19(3)11-17)31-25-9-8-21(35-25)12-20-6-7-22(34-20)13-29-33(4,5)16-27(36-29)23-15-28(38)24-14-26(31)37-32(23)24/h6-14,36,38H,15-16H2,1-5H3. The summed E-state index contributed by atoms with van der Waals surface area (Å²) in [4.78, 5) is 15.1. The SMILES string of the molecule is Cc1cc(C)c(C2=C3C=CC(=N3)C=C3C=CC(=N3)C=C3NC(=C4CC(O)=C5C=C2N=C54)CC3(C)C)c(C)c1. The molecular formula is C33H30N4O. The lowest BCUT2D eigenvalue weighted by Crippen LogP contribution is -2.15. The molecule has 0 saturated carbocycles. The minimum atomic E-state index is -0.0813. The van der Waals surface area contributed by atoms with Gasteiger partial charge in [-0.3, -0.25) is 0 Å². The average molecular weight is 499 g/mol. The zero-order valence-corrected chi connectivity index (χ0v) is 22.4. The van der Waals surface area contributed by atoms with Gasteiger partial charge in [0.25, 0.3) is 0 Å². The number of allylic oxidation sites excluding steroid dienone is 12.